The highest BCUT2D eigenvalue weighted by molar-refractivity contribution is 7.17. The van der Waals surface area contributed by atoms with Crippen molar-refractivity contribution < 1.29 is 14.3 Å². The fraction of sp³-hybridized carbons (Fsp3) is 0.333. The second-order valence-corrected chi connectivity index (χ2v) is 8.09. The van der Waals surface area contributed by atoms with Crippen LogP contribution in [-0.4, -0.2) is 38.9 Å². The summed E-state index contributed by atoms with van der Waals surface area (Å²) < 4.78 is 14.9. The van der Waals surface area contributed by atoms with E-state index < -0.39 is 11.6 Å². The number of ether oxygens (including phenoxy) is 2. The highest BCUT2D eigenvalue weighted by atomic mass is 32.1. The number of anilines is 1. The third-order valence-electron chi connectivity index (χ3n) is 5.05. The molecule has 3 aromatic heterocycles. The van der Waals surface area contributed by atoms with E-state index >= 15 is 0 Å². The van der Waals surface area contributed by atoms with Gasteiger partial charge in [0.2, 0.25) is 11.7 Å². The van der Waals surface area contributed by atoms with Crippen molar-refractivity contribution in [3.63, 3.8) is 0 Å². The molecule has 0 atom stereocenters. The van der Waals surface area contributed by atoms with Crippen LogP contribution in [0.1, 0.15) is 19.8 Å². The van der Waals surface area contributed by atoms with Gasteiger partial charge in [-0.15, -0.1) is 16.4 Å². The van der Waals surface area contributed by atoms with Crippen LogP contribution in [0.2, 0.25) is 0 Å². The predicted molar refractivity (Wildman–Crippen MR) is 122 cm³/mol. The lowest BCUT2D eigenvalue weighted by Gasteiger charge is -2.09. The van der Waals surface area contributed by atoms with E-state index in [9.17, 15) is 14.4 Å². The number of benzene rings is 1. The van der Waals surface area contributed by atoms with Gasteiger partial charge in [-0.3, -0.25) is 14.2 Å². The highest BCUT2D eigenvalue weighted by Crippen LogP contribution is 2.25. The van der Waals surface area contributed by atoms with Crippen molar-refractivity contribution in [3.8, 4) is 11.5 Å². The van der Waals surface area contributed by atoms with Crippen molar-refractivity contribution >= 4 is 38.9 Å². The van der Waals surface area contributed by atoms with E-state index in [2.05, 4.69) is 10.4 Å². The summed E-state index contributed by atoms with van der Waals surface area (Å²) in [5, 5.41) is 8.82. The SMILES string of the molecule is CCCCn1c(=O)c2sccc2n2c(=O)n(CC(=O)Nc3cc(OC)cc(OC)c3)nc12. The van der Waals surface area contributed by atoms with Crippen molar-refractivity contribution in [2.45, 2.75) is 32.9 Å². The Bertz CT molecular complexity index is 1390. The van der Waals surface area contributed by atoms with Crippen LogP contribution >= 0.6 is 11.3 Å². The number of hydrogen-bond acceptors (Lipinski definition) is 7. The third kappa shape index (κ3) is 3.86. The molecule has 1 amide bonds. The summed E-state index contributed by atoms with van der Waals surface area (Å²) in [6.07, 6.45) is 1.66. The molecule has 4 aromatic rings. The molecule has 3 heterocycles. The fourth-order valence-corrected chi connectivity index (χ4v) is 4.29. The number of amides is 1. The number of rotatable bonds is 8. The first-order chi connectivity index (χ1) is 15.5. The number of aromatic nitrogens is 4. The van der Waals surface area contributed by atoms with Gasteiger partial charge in [-0.2, -0.15) is 0 Å². The molecule has 1 aromatic carbocycles. The Hall–Kier alpha value is -3.60. The van der Waals surface area contributed by atoms with E-state index in [-0.39, 0.29) is 17.9 Å². The minimum atomic E-state index is -0.480. The van der Waals surface area contributed by atoms with E-state index in [1.807, 2.05) is 6.92 Å². The van der Waals surface area contributed by atoms with Crippen molar-refractivity contribution in [1.29, 1.82) is 0 Å². The summed E-state index contributed by atoms with van der Waals surface area (Å²) in [7, 11) is 3.03. The Morgan fingerprint density at radius 2 is 1.88 bits per heavy atom. The number of thiophene rings is 1. The van der Waals surface area contributed by atoms with Gasteiger partial charge in [0.15, 0.2) is 0 Å². The summed E-state index contributed by atoms with van der Waals surface area (Å²) in [4.78, 5) is 38.7. The van der Waals surface area contributed by atoms with Crippen LogP contribution in [0.5, 0.6) is 11.5 Å². The highest BCUT2D eigenvalue weighted by Gasteiger charge is 2.19. The van der Waals surface area contributed by atoms with E-state index in [0.717, 1.165) is 17.5 Å². The zero-order chi connectivity index (χ0) is 22.8. The van der Waals surface area contributed by atoms with Crippen molar-refractivity contribution in [2.24, 2.45) is 0 Å². The molecule has 0 unspecified atom stereocenters. The molecule has 0 aliphatic rings. The summed E-state index contributed by atoms with van der Waals surface area (Å²) in [6, 6.07) is 6.69. The molecule has 10 nitrogen and oxygen atoms in total. The normalized spacial score (nSPS) is 11.2. The van der Waals surface area contributed by atoms with Gasteiger partial charge in [-0.25, -0.2) is 13.9 Å². The third-order valence-corrected chi connectivity index (χ3v) is 5.94. The van der Waals surface area contributed by atoms with Gasteiger partial charge >= 0.3 is 5.69 Å². The number of nitrogens with one attached hydrogen (secondary N) is 1. The van der Waals surface area contributed by atoms with Crippen LogP contribution in [0.15, 0.2) is 39.2 Å². The topological polar surface area (TPSA) is 109 Å². The molecule has 0 saturated carbocycles. The van der Waals surface area contributed by atoms with Gasteiger partial charge in [-0.05, 0) is 17.9 Å². The Labute approximate surface area is 186 Å². The Kier molecular flexibility index (Phi) is 5.99. The minimum absolute atomic E-state index is 0.180. The molecule has 1 N–H and O–H groups in total. The maximum Gasteiger partial charge on any atom is 0.352 e. The van der Waals surface area contributed by atoms with E-state index in [0.29, 0.717) is 33.9 Å². The van der Waals surface area contributed by atoms with Crippen LogP contribution in [0.4, 0.5) is 5.69 Å². The molecule has 168 valence electrons. The quantitative estimate of drug-likeness (QED) is 0.435. The number of unbranched alkanes of at least 4 members (excludes halogenated alkanes) is 1. The number of carbonyl (C=O) groups is 1. The van der Waals surface area contributed by atoms with E-state index in [4.69, 9.17) is 9.47 Å². The zero-order valence-corrected chi connectivity index (χ0v) is 18.8. The first kappa shape index (κ1) is 21.6. The second kappa shape index (κ2) is 8.87. The number of methoxy groups -OCH3 is 2. The monoisotopic (exact) mass is 457 g/mol. The number of aryl methyl sites for hydroxylation is 1. The molecule has 32 heavy (non-hydrogen) atoms. The lowest BCUT2D eigenvalue weighted by atomic mass is 10.2. The molecular weight excluding hydrogens is 434 g/mol. The average Bonchev–Trinajstić information content (AvgIpc) is 3.38. The van der Waals surface area contributed by atoms with Gasteiger partial charge in [-0.1, -0.05) is 13.3 Å². The van der Waals surface area contributed by atoms with Crippen molar-refractivity contribution in [3.05, 3.63) is 50.5 Å². The molecule has 4 rings (SSSR count). The minimum Gasteiger partial charge on any atom is -0.497 e. The van der Waals surface area contributed by atoms with Crippen LogP contribution < -0.4 is 26.0 Å². The second-order valence-electron chi connectivity index (χ2n) is 7.17. The van der Waals surface area contributed by atoms with Crippen molar-refractivity contribution in [2.75, 3.05) is 19.5 Å². The lowest BCUT2D eigenvalue weighted by Crippen LogP contribution is -2.29. The molecule has 11 heteroatoms. The summed E-state index contributed by atoms with van der Waals surface area (Å²) in [5.74, 6) is 0.818. The zero-order valence-electron chi connectivity index (χ0n) is 18.0. The summed E-state index contributed by atoms with van der Waals surface area (Å²) >= 11 is 1.28. The molecule has 0 saturated heterocycles. The smallest absolute Gasteiger partial charge is 0.352 e. The predicted octanol–water partition coefficient (Wildman–Crippen LogP) is 2.33. The molecule has 0 spiro atoms. The molecular formula is C21H23N5O5S. The first-order valence-corrected chi connectivity index (χ1v) is 11.0. The molecule has 0 radical (unpaired) electrons. The Balaban J connectivity index is 1.71. The van der Waals surface area contributed by atoms with Gasteiger partial charge < -0.3 is 14.8 Å². The maximum absolute atomic E-state index is 13.1. The summed E-state index contributed by atoms with van der Waals surface area (Å²) in [6.45, 7) is 2.15. The molecule has 0 fully saturated rings. The largest absolute Gasteiger partial charge is 0.497 e. The summed E-state index contributed by atoms with van der Waals surface area (Å²) in [5.41, 5.74) is 0.299. The van der Waals surface area contributed by atoms with E-state index in [1.165, 1.54) is 34.5 Å². The standard InChI is InChI=1S/C21H23N5O5S/c1-4-5-7-24-19(28)18-16(6-8-32-18)26-20(24)23-25(21(26)29)12-17(27)22-13-9-14(30-2)11-15(10-13)31-3/h6,8-11H,4-5,7,12H2,1-3H3,(H,22,27). The number of fused-ring (bicyclic) bond motifs is 3. The lowest BCUT2D eigenvalue weighted by molar-refractivity contribution is -0.117. The number of nitrogens with zero attached hydrogens (tertiary/aromatic N) is 4. The van der Waals surface area contributed by atoms with Gasteiger partial charge in [0, 0.05) is 30.4 Å². The number of hydrogen-bond donors (Lipinski definition) is 1. The van der Waals surface area contributed by atoms with E-state index in [1.54, 1.807) is 29.6 Å². The van der Waals surface area contributed by atoms with Crippen molar-refractivity contribution in [1.82, 2.24) is 18.7 Å². The van der Waals surface area contributed by atoms with Gasteiger partial charge in [0.05, 0.1) is 19.7 Å². The van der Waals surface area contributed by atoms with Crippen LogP contribution in [-0.2, 0) is 17.9 Å². The first-order valence-electron chi connectivity index (χ1n) is 10.1. The molecule has 0 aliphatic carbocycles. The van der Waals surface area contributed by atoms with Crippen LogP contribution in [0, 0.1) is 0 Å². The average molecular weight is 458 g/mol. The van der Waals surface area contributed by atoms with Crippen LogP contribution in [0.3, 0.4) is 0 Å². The number of carbonyl (C=O) groups excluding carboxylic acids is 1. The molecule has 0 bridgehead atoms. The Morgan fingerprint density at radius 3 is 2.53 bits per heavy atom. The van der Waals surface area contributed by atoms with Gasteiger partial charge in [0.1, 0.15) is 22.7 Å². The maximum atomic E-state index is 13.1. The van der Waals surface area contributed by atoms with Crippen LogP contribution in [0.25, 0.3) is 16.0 Å². The van der Waals surface area contributed by atoms with Gasteiger partial charge in [0.25, 0.3) is 5.56 Å². The molecule has 0 aliphatic heterocycles. The fourth-order valence-electron chi connectivity index (χ4n) is 3.47. The Morgan fingerprint density at radius 1 is 1.16 bits per heavy atom.